The summed E-state index contributed by atoms with van der Waals surface area (Å²) in [4.78, 5) is 11.9. The number of ether oxygens (including phenoxy) is 1. The summed E-state index contributed by atoms with van der Waals surface area (Å²) in [7, 11) is 0. The van der Waals surface area contributed by atoms with Crippen LogP contribution >= 0.6 is 11.6 Å². The molecule has 112 valence electrons. The quantitative estimate of drug-likeness (QED) is 0.875. The molecular formula is C15H18ClN3O2. The molecule has 6 heteroatoms. The summed E-state index contributed by atoms with van der Waals surface area (Å²) in [6.45, 7) is 2.96. The SMILES string of the molecule is C[C@H](NCC(=O)Nc1cc(Cl)ccc1C#N)[C@H]1CCCO1. The van der Waals surface area contributed by atoms with Crippen molar-refractivity contribution in [3.8, 4) is 6.07 Å². The lowest BCUT2D eigenvalue weighted by Crippen LogP contribution is -2.41. The Hall–Kier alpha value is -1.61. The van der Waals surface area contributed by atoms with Gasteiger partial charge in [-0.1, -0.05) is 11.6 Å². The summed E-state index contributed by atoms with van der Waals surface area (Å²) in [6.07, 6.45) is 2.25. The van der Waals surface area contributed by atoms with Gasteiger partial charge in [0.2, 0.25) is 5.91 Å². The van der Waals surface area contributed by atoms with Crippen LogP contribution in [0.3, 0.4) is 0 Å². The van der Waals surface area contributed by atoms with Crippen molar-refractivity contribution in [1.29, 1.82) is 5.26 Å². The van der Waals surface area contributed by atoms with Crippen molar-refractivity contribution in [2.45, 2.75) is 31.9 Å². The fourth-order valence-corrected chi connectivity index (χ4v) is 2.47. The number of nitriles is 1. The van der Waals surface area contributed by atoms with Crippen LogP contribution in [0.2, 0.25) is 5.02 Å². The van der Waals surface area contributed by atoms with Crippen molar-refractivity contribution < 1.29 is 9.53 Å². The maximum Gasteiger partial charge on any atom is 0.238 e. The molecule has 1 aliphatic rings. The summed E-state index contributed by atoms with van der Waals surface area (Å²) >= 11 is 5.88. The number of amides is 1. The van der Waals surface area contributed by atoms with E-state index in [4.69, 9.17) is 21.6 Å². The first-order valence-electron chi connectivity index (χ1n) is 6.94. The molecule has 0 saturated carbocycles. The Morgan fingerprint density at radius 1 is 1.62 bits per heavy atom. The van der Waals surface area contributed by atoms with Crippen LogP contribution in [0.4, 0.5) is 5.69 Å². The molecule has 1 aromatic rings. The number of halogens is 1. The number of nitrogens with zero attached hydrogens (tertiary/aromatic N) is 1. The lowest BCUT2D eigenvalue weighted by atomic mass is 10.1. The highest BCUT2D eigenvalue weighted by Gasteiger charge is 2.22. The molecule has 1 fully saturated rings. The first-order chi connectivity index (χ1) is 10.1. The van der Waals surface area contributed by atoms with Gasteiger partial charge in [-0.2, -0.15) is 5.26 Å². The summed E-state index contributed by atoms with van der Waals surface area (Å²) in [5, 5.41) is 15.3. The van der Waals surface area contributed by atoms with E-state index in [2.05, 4.69) is 10.6 Å². The minimum absolute atomic E-state index is 0.119. The number of hydrogen-bond acceptors (Lipinski definition) is 4. The molecular weight excluding hydrogens is 290 g/mol. The van der Waals surface area contributed by atoms with Gasteiger partial charge >= 0.3 is 0 Å². The zero-order chi connectivity index (χ0) is 15.2. The van der Waals surface area contributed by atoms with E-state index in [-0.39, 0.29) is 24.6 Å². The fourth-order valence-electron chi connectivity index (χ4n) is 2.29. The van der Waals surface area contributed by atoms with Crippen LogP contribution in [0, 0.1) is 11.3 Å². The second-order valence-electron chi connectivity index (χ2n) is 5.07. The molecule has 0 bridgehead atoms. The van der Waals surface area contributed by atoms with E-state index in [1.807, 2.05) is 13.0 Å². The number of nitrogens with one attached hydrogen (secondary N) is 2. The maximum atomic E-state index is 11.9. The van der Waals surface area contributed by atoms with Crippen LogP contribution in [0.1, 0.15) is 25.3 Å². The first-order valence-corrected chi connectivity index (χ1v) is 7.32. The van der Waals surface area contributed by atoms with Gasteiger partial charge in [0.1, 0.15) is 6.07 Å². The van der Waals surface area contributed by atoms with Gasteiger partial charge in [-0.25, -0.2) is 0 Å². The normalized spacial score (nSPS) is 19.0. The summed E-state index contributed by atoms with van der Waals surface area (Å²) in [5.74, 6) is -0.210. The number of carbonyl (C=O) groups excluding carboxylic acids is 1. The highest BCUT2D eigenvalue weighted by Crippen LogP contribution is 2.20. The minimum atomic E-state index is -0.210. The third-order valence-corrected chi connectivity index (χ3v) is 3.72. The molecule has 1 saturated heterocycles. The summed E-state index contributed by atoms with van der Waals surface area (Å²) < 4.78 is 5.56. The van der Waals surface area contributed by atoms with E-state index in [0.29, 0.717) is 16.3 Å². The van der Waals surface area contributed by atoms with Crippen molar-refractivity contribution >= 4 is 23.2 Å². The molecule has 2 N–H and O–H groups in total. The molecule has 1 heterocycles. The van der Waals surface area contributed by atoms with Gasteiger partial charge in [0.15, 0.2) is 0 Å². The largest absolute Gasteiger partial charge is 0.377 e. The zero-order valence-corrected chi connectivity index (χ0v) is 12.6. The van der Waals surface area contributed by atoms with Crippen molar-refractivity contribution in [2.24, 2.45) is 0 Å². The average molecular weight is 308 g/mol. The van der Waals surface area contributed by atoms with Crippen LogP contribution < -0.4 is 10.6 Å². The predicted molar refractivity (Wildman–Crippen MR) is 81.2 cm³/mol. The zero-order valence-electron chi connectivity index (χ0n) is 11.9. The second kappa shape index (κ2) is 7.41. The van der Waals surface area contributed by atoms with Gasteiger partial charge < -0.3 is 15.4 Å². The van der Waals surface area contributed by atoms with Gasteiger partial charge in [0.25, 0.3) is 0 Å². The molecule has 2 rings (SSSR count). The third kappa shape index (κ3) is 4.43. The molecule has 5 nitrogen and oxygen atoms in total. The Labute approximate surface area is 129 Å². The van der Waals surface area contributed by atoms with Crippen LogP contribution in [-0.2, 0) is 9.53 Å². The fraction of sp³-hybridized carbons (Fsp3) is 0.467. The van der Waals surface area contributed by atoms with E-state index < -0.39 is 0 Å². The molecule has 1 aromatic carbocycles. The van der Waals surface area contributed by atoms with Crippen LogP contribution in [-0.4, -0.2) is 31.2 Å². The van der Waals surface area contributed by atoms with E-state index in [0.717, 1.165) is 19.4 Å². The lowest BCUT2D eigenvalue weighted by Gasteiger charge is -2.19. The van der Waals surface area contributed by atoms with E-state index in [1.54, 1.807) is 18.2 Å². The topological polar surface area (TPSA) is 74.2 Å². The second-order valence-corrected chi connectivity index (χ2v) is 5.51. The van der Waals surface area contributed by atoms with Crippen LogP contribution in [0.5, 0.6) is 0 Å². The smallest absolute Gasteiger partial charge is 0.238 e. The average Bonchev–Trinajstić information content (AvgIpc) is 2.99. The summed E-state index contributed by atoms with van der Waals surface area (Å²) in [6, 6.07) is 6.92. The lowest BCUT2D eigenvalue weighted by molar-refractivity contribution is -0.115. The highest BCUT2D eigenvalue weighted by molar-refractivity contribution is 6.31. The number of rotatable bonds is 5. The molecule has 1 amide bonds. The molecule has 0 spiro atoms. The minimum Gasteiger partial charge on any atom is -0.377 e. The summed E-state index contributed by atoms with van der Waals surface area (Å²) in [5.41, 5.74) is 0.821. The van der Waals surface area contributed by atoms with Gasteiger partial charge in [-0.05, 0) is 38.0 Å². The Morgan fingerprint density at radius 2 is 2.43 bits per heavy atom. The Morgan fingerprint density at radius 3 is 3.10 bits per heavy atom. The standard InChI is InChI=1S/C15H18ClN3O2/c1-10(14-3-2-6-21-14)18-9-15(20)19-13-7-12(16)5-4-11(13)8-17/h4-5,7,10,14,18H,2-3,6,9H2,1H3,(H,19,20)/t10-,14+/m0/s1. The van der Waals surface area contributed by atoms with Crippen LogP contribution in [0.25, 0.3) is 0 Å². The molecule has 0 unspecified atom stereocenters. The van der Waals surface area contributed by atoms with E-state index in [1.165, 1.54) is 0 Å². The maximum absolute atomic E-state index is 11.9. The predicted octanol–water partition coefficient (Wildman–Crippen LogP) is 2.31. The van der Waals surface area contributed by atoms with Gasteiger partial charge in [-0.3, -0.25) is 4.79 Å². The van der Waals surface area contributed by atoms with Gasteiger partial charge in [0.05, 0.1) is 23.9 Å². The Balaban J connectivity index is 1.87. The molecule has 2 atom stereocenters. The molecule has 21 heavy (non-hydrogen) atoms. The van der Waals surface area contributed by atoms with Gasteiger partial charge in [0, 0.05) is 17.7 Å². The monoisotopic (exact) mass is 307 g/mol. The number of hydrogen-bond donors (Lipinski definition) is 2. The number of benzene rings is 1. The first kappa shape index (κ1) is 15.8. The third-order valence-electron chi connectivity index (χ3n) is 3.48. The van der Waals surface area contributed by atoms with Crippen molar-refractivity contribution in [1.82, 2.24) is 5.32 Å². The van der Waals surface area contributed by atoms with Gasteiger partial charge in [-0.15, -0.1) is 0 Å². The molecule has 0 radical (unpaired) electrons. The number of carbonyl (C=O) groups is 1. The highest BCUT2D eigenvalue weighted by atomic mass is 35.5. The molecule has 0 aromatic heterocycles. The van der Waals surface area contributed by atoms with Crippen molar-refractivity contribution in [3.05, 3.63) is 28.8 Å². The van der Waals surface area contributed by atoms with E-state index >= 15 is 0 Å². The molecule has 0 aliphatic carbocycles. The van der Waals surface area contributed by atoms with E-state index in [9.17, 15) is 4.79 Å². The van der Waals surface area contributed by atoms with Crippen molar-refractivity contribution in [2.75, 3.05) is 18.5 Å². The Kier molecular flexibility index (Phi) is 5.57. The van der Waals surface area contributed by atoms with Crippen molar-refractivity contribution in [3.63, 3.8) is 0 Å². The molecule has 1 aliphatic heterocycles. The number of anilines is 1. The Bertz CT molecular complexity index is 550. The van der Waals surface area contributed by atoms with Crippen LogP contribution in [0.15, 0.2) is 18.2 Å².